The van der Waals surface area contributed by atoms with Crippen molar-refractivity contribution < 1.29 is 18.3 Å². The maximum atomic E-state index is 12.3. The van der Waals surface area contributed by atoms with Gasteiger partial charge < -0.3 is 14.8 Å². The topological polar surface area (TPSA) is 30.5 Å². The summed E-state index contributed by atoms with van der Waals surface area (Å²) in [5.41, 5.74) is 0.856. The van der Waals surface area contributed by atoms with Gasteiger partial charge in [0.25, 0.3) is 0 Å². The van der Waals surface area contributed by atoms with Crippen molar-refractivity contribution in [1.82, 2.24) is 5.32 Å². The molecule has 1 saturated heterocycles. The summed E-state index contributed by atoms with van der Waals surface area (Å²) < 4.78 is 35.1. The zero-order valence-corrected chi connectivity index (χ0v) is 12.2. The van der Waals surface area contributed by atoms with Gasteiger partial charge in [-0.3, -0.25) is 0 Å². The summed E-state index contributed by atoms with van der Waals surface area (Å²) in [6.45, 7) is 2.06. The number of nitrogens with one attached hydrogen (secondary N) is 1. The molecular formula is C13H16BrF2NO2. The Bertz CT molecular complexity index is 439. The number of benzene rings is 1. The second-order valence-corrected chi connectivity index (χ2v) is 5.95. The van der Waals surface area contributed by atoms with Crippen molar-refractivity contribution in [3.05, 3.63) is 28.2 Å². The Morgan fingerprint density at radius 2 is 2.21 bits per heavy atom. The third-order valence-electron chi connectivity index (χ3n) is 3.01. The number of hydrogen-bond acceptors (Lipinski definition) is 3. The van der Waals surface area contributed by atoms with E-state index in [4.69, 9.17) is 4.74 Å². The fraction of sp³-hybridized carbons (Fsp3) is 0.538. The van der Waals surface area contributed by atoms with Crippen molar-refractivity contribution in [2.75, 3.05) is 19.8 Å². The summed E-state index contributed by atoms with van der Waals surface area (Å²) in [6.07, 6.45) is 0. The molecule has 0 atom stereocenters. The van der Waals surface area contributed by atoms with Crippen molar-refractivity contribution in [2.24, 2.45) is 5.41 Å². The van der Waals surface area contributed by atoms with E-state index in [9.17, 15) is 8.78 Å². The second-order valence-electron chi connectivity index (χ2n) is 5.04. The van der Waals surface area contributed by atoms with Crippen LogP contribution in [0.1, 0.15) is 12.5 Å². The summed E-state index contributed by atoms with van der Waals surface area (Å²) in [4.78, 5) is 0. The molecule has 1 aromatic carbocycles. The predicted octanol–water partition coefficient (Wildman–Crippen LogP) is 3.18. The van der Waals surface area contributed by atoms with Crippen molar-refractivity contribution >= 4 is 15.9 Å². The molecule has 0 bridgehead atoms. The van der Waals surface area contributed by atoms with Crippen LogP contribution < -0.4 is 10.1 Å². The van der Waals surface area contributed by atoms with Gasteiger partial charge in [0, 0.05) is 28.5 Å². The van der Waals surface area contributed by atoms with Gasteiger partial charge in [-0.15, -0.1) is 0 Å². The zero-order valence-electron chi connectivity index (χ0n) is 10.6. The molecule has 1 aliphatic heterocycles. The SMILES string of the molecule is CC1(CNCc2cc(Br)ccc2OC(F)F)COC1. The quantitative estimate of drug-likeness (QED) is 0.866. The van der Waals surface area contributed by atoms with Crippen molar-refractivity contribution in [3.63, 3.8) is 0 Å². The third-order valence-corrected chi connectivity index (χ3v) is 3.50. The van der Waals surface area contributed by atoms with Crippen LogP contribution in [0.25, 0.3) is 0 Å². The number of rotatable bonds is 6. The van der Waals surface area contributed by atoms with Crippen LogP contribution in [0.15, 0.2) is 22.7 Å². The lowest BCUT2D eigenvalue weighted by molar-refractivity contribution is -0.0992. The summed E-state index contributed by atoms with van der Waals surface area (Å²) in [7, 11) is 0. The largest absolute Gasteiger partial charge is 0.434 e. The lowest BCUT2D eigenvalue weighted by Crippen LogP contribution is -2.47. The molecule has 0 saturated carbocycles. The first-order valence-corrected chi connectivity index (χ1v) is 6.79. The van der Waals surface area contributed by atoms with Crippen LogP contribution in [-0.4, -0.2) is 26.4 Å². The molecule has 0 aromatic heterocycles. The van der Waals surface area contributed by atoms with E-state index in [1.807, 2.05) is 0 Å². The first kappa shape index (κ1) is 14.7. The molecule has 1 heterocycles. The summed E-state index contributed by atoms with van der Waals surface area (Å²) >= 11 is 3.33. The average molecular weight is 336 g/mol. The third kappa shape index (κ3) is 4.12. The molecule has 6 heteroatoms. The fourth-order valence-corrected chi connectivity index (χ4v) is 2.36. The van der Waals surface area contributed by atoms with Crippen LogP contribution in [0, 0.1) is 5.41 Å². The van der Waals surface area contributed by atoms with E-state index >= 15 is 0 Å². The summed E-state index contributed by atoms with van der Waals surface area (Å²) in [6, 6.07) is 5.01. The van der Waals surface area contributed by atoms with Gasteiger partial charge >= 0.3 is 6.61 Å². The second kappa shape index (κ2) is 6.15. The maximum Gasteiger partial charge on any atom is 0.387 e. The average Bonchev–Trinajstić information content (AvgIpc) is 2.30. The smallest absolute Gasteiger partial charge is 0.387 e. The van der Waals surface area contributed by atoms with Crippen molar-refractivity contribution in [2.45, 2.75) is 20.1 Å². The molecule has 1 aliphatic rings. The molecule has 1 fully saturated rings. The van der Waals surface area contributed by atoms with E-state index in [2.05, 4.69) is 32.9 Å². The van der Waals surface area contributed by atoms with Gasteiger partial charge in [-0.05, 0) is 18.2 Å². The van der Waals surface area contributed by atoms with E-state index < -0.39 is 6.61 Å². The molecule has 0 spiro atoms. The molecule has 0 amide bonds. The molecule has 0 radical (unpaired) electrons. The van der Waals surface area contributed by atoms with E-state index in [0.29, 0.717) is 12.1 Å². The first-order valence-electron chi connectivity index (χ1n) is 6.00. The van der Waals surface area contributed by atoms with Crippen LogP contribution in [-0.2, 0) is 11.3 Å². The van der Waals surface area contributed by atoms with Crippen LogP contribution in [0.3, 0.4) is 0 Å². The standard InChI is InChI=1S/C13H16BrF2NO2/c1-13(7-18-8-13)6-17-5-9-4-10(14)2-3-11(9)19-12(15)16/h2-4,12,17H,5-8H2,1H3. The van der Waals surface area contributed by atoms with E-state index in [0.717, 1.165) is 24.2 Å². The van der Waals surface area contributed by atoms with Gasteiger partial charge in [0.05, 0.1) is 13.2 Å². The Labute approximate surface area is 119 Å². The van der Waals surface area contributed by atoms with E-state index in [1.54, 1.807) is 18.2 Å². The van der Waals surface area contributed by atoms with Gasteiger partial charge in [-0.2, -0.15) is 8.78 Å². The summed E-state index contributed by atoms with van der Waals surface area (Å²) in [5, 5.41) is 3.26. The molecule has 1 aromatic rings. The Morgan fingerprint density at radius 1 is 1.47 bits per heavy atom. The molecular weight excluding hydrogens is 320 g/mol. The van der Waals surface area contributed by atoms with Gasteiger partial charge in [-0.1, -0.05) is 22.9 Å². The van der Waals surface area contributed by atoms with Gasteiger partial charge in [-0.25, -0.2) is 0 Å². The zero-order chi connectivity index (χ0) is 13.9. The first-order chi connectivity index (χ1) is 8.98. The van der Waals surface area contributed by atoms with E-state index in [-0.39, 0.29) is 11.2 Å². The van der Waals surface area contributed by atoms with Gasteiger partial charge in [0.15, 0.2) is 0 Å². The molecule has 0 unspecified atom stereocenters. The number of hydrogen-bond donors (Lipinski definition) is 1. The minimum absolute atomic E-state index is 0.149. The van der Waals surface area contributed by atoms with Crippen LogP contribution in [0.2, 0.25) is 0 Å². The lowest BCUT2D eigenvalue weighted by Gasteiger charge is -2.38. The van der Waals surface area contributed by atoms with Gasteiger partial charge in [0.2, 0.25) is 0 Å². The number of ether oxygens (including phenoxy) is 2. The molecule has 19 heavy (non-hydrogen) atoms. The maximum absolute atomic E-state index is 12.3. The van der Waals surface area contributed by atoms with Crippen LogP contribution >= 0.6 is 15.9 Å². The fourth-order valence-electron chi connectivity index (χ4n) is 1.95. The number of alkyl halides is 2. The number of halogens is 3. The Kier molecular flexibility index (Phi) is 4.76. The Balaban J connectivity index is 1.95. The van der Waals surface area contributed by atoms with Crippen molar-refractivity contribution in [3.8, 4) is 5.75 Å². The molecule has 2 rings (SSSR count). The predicted molar refractivity (Wildman–Crippen MR) is 71.4 cm³/mol. The highest BCUT2D eigenvalue weighted by Crippen LogP contribution is 2.27. The Hall–Kier alpha value is -0.720. The minimum atomic E-state index is -2.81. The molecule has 1 N–H and O–H groups in total. The highest BCUT2D eigenvalue weighted by Gasteiger charge is 2.32. The monoisotopic (exact) mass is 335 g/mol. The van der Waals surface area contributed by atoms with Crippen molar-refractivity contribution in [1.29, 1.82) is 0 Å². The normalized spacial score (nSPS) is 17.3. The summed E-state index contributed by atoms with van der Waals surface area (Å²) in [5.74, 6) is 0.209. The molecule has 106 valence electrons. The van der Waals surface area contributed by atoms with E-state index in [1.165, 1.54) is 0 Å². The highest BCUT2D eigenvalue weighted by molar-refractivity contribution is 9.10. The highest BCUT2D eigenvalue weighted by atomic mass is 79.9. The lowest BCUT2D eigenvalue weighted by atomic mass is 9.89. The minimum Gasteiger partial charge on any atom is -0.434 e. The van der Waals surface area contributed by atoms with Gasteiger partial charge in [0.1, 0.15) is 5.75 Å². The van der Waals surface area contributed by atoms with Crippen LogP contribution in [0.4, 0.5) is 8.78 Å². The molecule has 3 nitrogen and oxygen atoms in total. The molecule has 0 aliphatic carbocycles. The Morgan fingerprint density at radius 3 is 2.79 bits per heavy atom. The van der Waals surface area contributed by atoms with Crippen LogP contribution in [0.5, 0.6) is 5.75 Å².